The van der Waals surface area contributed by atoms with Crippen LogP contribution in [0.4, 0.5) is 4.79 Å². The Balaban J connectivity index is 2.25. The molecule has 0 aliphatic carbocycles. The Kier molecular flexibility index (Phi) is 8.65. The van der Waals surface area contributed by atoms with Crippen LogP contribution in [0.5, 0.6) is 0 Å². The van der Waals surface area contributed by atoms with Crippen molar-refractivity contribution in [1.29, 1.82) is 0 Å². The van der Waals surface area contributed by atoms with E-state index in [2.05, 4.69) is 5.32 Å². The van der Waals surface area contributed by atoms with E-state index in [1.165, 1.54) is 0 Å². The molecule has 32 heavy (non-hydrogen) atoms. The van der Waals surface area contributed by atoms with E-state index < -0.39 is 36.9 Å². The third kappa shape index (κ3) is 8.85. The van der Waals surface area contributed by atoms with Gasteiger partial charge in [0.25, 0.3) is 0 Å². The summed E-state index contributed by atoms with van der Waals surface area (Å²) in [4.78, 5) is 34.9. The molecule has 174 valence electrons. The molecule has 0 bridgehead atoms. The van der Waals surface area contributed by atoms with Crippen molar-refractivity contribution in [1.82, 2.24) is 5.32 Å². The number of alkyl carbamates (subject to hydrolysis) is 1. The molecule has 4 N–H and O–H groups in total. The Morgan fingerprint density at radius 3 is 2.16 bits per heavy atom. The van der Waals surface area contributed by atoms with E-state index in [9.17, 15) is 19.0 Å². The number of aryl methyl sites for hydroxylation is 1. The van der Waals surface area contributed by atoms with Crippen LogP contribution in [0.15, 0.2) is 54.6 Å². The van der Waals surface area contributed by atoms with Crippen LogP contribution >= 0.6 is 7.37 Å². The molecule has 0 aliphatic rings. The Hall–Kier alpha value is -2.63. The quantitative estimate of drug-likeness (QED) is 0.477. The highest BCUT2D eigenvalue weighted by Crippen LogP contribution is 2.48. The lowest BCUT2D eigenvalue weighted by atomic mass is 9.96. The minimum Gasteiger partial charge on any atom is -0.444 e. The van der Waals surface area contributed by atoms with Crippen LogP contribution in [0.1, 0.15) is 55.8 Å². The number of primary amides is 1. The second-order valence-electron chi connectivity index (χ2n) is 9.10. The van der Waals surface area contributed by atoms with Gasteiger partial charge in [-0.2, -0.15) is 0 Å². The molecule has 2 aromatic carbocycles. The van der Waals surface area contributed by atoms with Crippen LogP contribution in [-0.2, 0) is 14.1 Å². The average Bonchev–Trinajstić information content (AvgIpc) is 2.66. The van der Waals surface area contributed by atoms with Crippen molar-refractivity contribution < 1.29 is 23.8 Å². The molecule has 2 aromatic rings. The number of amides is 2. The molecule has 2 rings (SSSR count). The molecule has 0 radical (unpaired) electrons. The molecule has 0 fully saturated rings. The van der Waals surface area contributed by atoms with Crippen LogP contribution in [0, 0.1) is 6.92 Å². The highest BCUT2D eigenvalue weighted by atomic mass is 31.2. The standard InChI is InChI=1S/C24H33N2O5P/c1-17-10-12-18(13-11-17)20(14-22(25)27)15-32(29,30)16-21(19-8-6-5-7-9-19)26-23(28)31-24(2,3)4/h5-13,20-21H,14-16H2,1-4H3,(H2,25,27)(H,26,28)(H,29,30). The summed E-state index contributed by atoms with van der Waals surface area (Å²) in [5.74, 6) is -1.04. The smallest absolute Gasteiger partial charge is 0.408 e. The van der Waals surface area contributed by atoms with E-state index in [0.717, 1.165) is 11.1 Å². The van der Waals surface area contributed by atoms with Gasteiger partial charge in [-0.25, -0.2) is 4.79 Å². The number of carbonyl (C=O) groups is 2. The fourth-order valence-corrected chi connectivity index (χ4v) is 5.49. The second kappa shape index (κ2) is 10.8. The lowest BCUT2D eigenvalue weighted by Crippen LogP contribution is -2.36. The molecule has 0 aliphatic heterocycles. The van der Waals surface area contributed by atoms with Crippen molar-refractivity contribution in [3.05, 3.63) is 71.3 Å². The summed E-state index contributed by atoms with van der Waals surface area (Å²) in [6.07, 6.45) is -1.03. The summed E-state index contributed by atoms with van der Waals surface area (Å²) in [7, 11) is -3.79. The van der Waals surface area contributed by atoms with Crippen molar-refractivity contribution in [3.63, 3.8) is 0 Å². The van der Waals surface area contributed by atoms with Gasteiger partial charge in [0.15, 0.2) is 0 Å². The summed E-state index contributed by atoms with van der Waals surface area (Å²) >= 11 is 0. The van der Waals surface area contributed by atoms with Gasteiger partial charge in [-0.05, 0) is 38.8 Å². The highest BCUT2D eigenvalue weighted by molar-refractivity contribution is 7.58. The maximum atomic E-state index is 13.3. The molecular weight excluding hydrogens is 427 g/mol. The van der Waals surface area contributed by atoms with Crippen molar-refractivity contribution in [2.24, 2.45) is 5.73 Å². The van der Waals surface area contributed by atoms with Crippen LogP contribution < -0.4 is 11.1 Å². The fraction of sp³-hybridized carbons (Fsp3) is 0.417. The van der Waals surface area contributed by atoms with E-state index in [1.54, 1.807) is 45.0 Å². The predicted octanol–water partition coefficient (Wildman–Crippen LogP) is 4.49. The Bertz CT molecular complexity index is 955. The molecule has 3 atom stereocenters. The molecule has 0 heterocycles. The second-order valence-corrected chi connectivity index (χ2v) is 11.5. The molecule has 0 saturated carbocycles. The van der Waals surface area contributed by atoms with Gasteiger partial charge in [-0.15, -0.1) is 0 Å². The minimum atomic E-state index is -3.79. The topological polar surface area (TPSA) is 119 Å². The van der Waals surface area contributed by atoms with Gasteiger partial charge < -0.3 is 20.7 Å². The molecular formula is C24H33N2O5P. The zero-order valence-electron chi connectivity index (χ0n) is 19.1. The molecule has 0 aromatic heterocycles. The van der Waals surface area contributed by atoms with Gasteiger partial charge in [0.1, 0.15) is 5.60 Å². The number of carbonyl (C=O) groups excluding carboxylic acids is 2. The normalized spacial score (nSPS) is 15.3. The van der Waals surface area contributed by atoms with E-state index in [0.29, 0.717) is 5.56 Å². The minimum absolute atomic E-state index is 0.0386. The summed E-state index contributed by atoms with van der Waals surface area (Å²) in [5.41, 5.74) is 7.22. The van der Waals surface area contributed by atoms with Crippen LogP contribution in [0.3, 0.4) is 0 Å². The summed E-state index contributed by atoms with van der Waals surface area (Å²) < 4.78 is 18.6. The lowest BCUT2D eigenvalue weighted by Gasteiger charge is -2.27. The monoisotopic (exact) mass is 460 g/mol. The molecule has 3 unspecified atom stereocenters. The molecule has 8 heteroatoms. The van der Waals surface area contributed by atoms with Crippen molar-refractivity contribution >= 4 is 19.4 Å². The van der Waals surface area contributed by atoms with Crippen LogP contribution in [0.25, 0.3) is 0 Å². The van der Waals surface area contributed by atoms with Gasteiger partial charge >= 0.3 is 6.09 Å². The molecule has 7 nitrogen and oxygen atoms in total. The zero-order valence-corrected chi connectivity index (χ0v) is 20.0. The number of nitrogens with one attached hydrogen (secondary N) is 1. The first-order chi connectivity index (χ1) is 14.8. The summed E-state index contributed by atoms with van der Waals surface area (Å²) in [5, 5.41) is 2.72. The van der Waals surface area contributed by atoms with Gasteiger partial charge in [-0.1, -0.05) is 60.2 Å². The number of hydrogen-bond acceptors (Lipinski definition) is 4. The largest absolute Gasteiger partial charge is 0.444 e. The Labute approximate surface area is 189 Å². The SMILES string of the molecule is Cc1ccc(C(CC(N)=O)CP(=O)(O)CC(NC(=O)OC(C)(C)C)c2ccccc2)cc1. The summed E-state index contributed by atoms with van der Waals surface area (Å²) in [6, 6.07) is 15.7. The summed E-state index contributed by atoms with van der Waals surface area (Å²) in [6.45, 7) is 7.18. The van der Waals surface area contributed by atoms with E-state index in [-0.39, 0.29) is 18.7 Å². The van der Waals surface area contributed by atoms with Gasteiger partial charge in [0.05, 0.1) is 6.04 Å². The van der Waals surface area contributed by atoms with Crippen molar-refractivity contribution in [2.75, 3.05) is 12.3 Å². The first-order valence-electron chi connectivity index (χ1n) is 10.5. The predicted molar refractivity (Wildman–Crippen MR) is 126 cm³/mol. The van der Waals surface area contributed by atoms with Gasteiger partial charge in [0.2, 0.25) is 13.3 Å². The van der Waals surface area contributed by atoms with E-state index in [1.807, 2.05) is 37.3 Å². The van der Waals surface area contributed by atoms with Gasteiger partial charge in [0, 0.05) is 24.7 Å². The number of nitrogens with two attached hydrogens (primary N) is 1. The maximum absolute atomic E-state index is 13.3. The lowest BCUT2D eigenvalue weighted by molar-refractivity contribution is -0.118. The van der Waals surface area contributed by atoms with Crippen molar-refractivity contribution in [3.8, 4) is 0 Å². The van der Waals surface area contributed by atoms with Crippen LogP contribution in [0.2, 0.25) is 0 Å². The number of ether oxygens (including phenoxy) is 1. The number of benzene rings is 2. The van der Waals surface area contributed by atoms with E-state index >= 15 is 0 Å². The Morgan fingerprint density at radius 2 is 1.62 bits per heavy atom. The first-order valence-corrected chi connectivity index (χ1v) is 12.6. The molecule has 0 saturated heterocycles. The Morgan fingerprint density at radius 1 is 1.03 bits per heavy atom. The molecule has 0 spiro atoms. The van der Waals surface area contributed by atoms with Gasteiger partial charge in [-0.3, -0.25) is 9.36 Å². The number of rotatable bonds is 9. The average molecular weight is 461 g/mol. The van der Waals surface area contributed by atoms with Crippen LogP contribution in [-0.4, -0.2) is 34.8 Å². The first kappa shape index (κ1) is 25.6. The fourth-order valence-electron chi connectivity index (χ4n) is 3.44. The third-order valence-corrected chi connectivity index (χ3v) is 6.81. The third-order valence-electron chi connectivity index (χ3n) is 4.86. The van der Waals surface area contributed by atoms with Crippen molar-refractivity contribution in [2.45, 2.75) is 51.7 Å². The van der Waals surface area contributed by atoms with E-state index in [4.69, 9.17) is 10.5 Å². The number of hydrogen-bond donors (Lipinski definition) is 3. The zero-order chi connectivity index (χ0) is 23.9. The molecule has 2 amide bonds. The highest BCUT2D eigenvalue weighted by Gasteiger charge is 2.32. The maximum Gasteiger partial charge on any atom is 0.408 e.